The highest BCUT2D eigenvalue weighted by atomic mass is 79.9. The van der Waals surface area contributed by atoms with E-state index in [2.05, 4.69) is 35.9 Å². The number of nitrogens with one attached hydrogen (secondary N) is 1. The van der Waals surface area contributed by atoms with E-state index in [4.69, 9.17) is 9.47 Å². The molecule has 6 nitrogen and oxygen atoms in total. The standard InChI is InChI=1S/C22H18BrFN4O2/c1-13-3-4-14(10-25-13)12-30-16-6-7-17(18(9-16)29-2)20-21(23)28-22(27-20)15-5-8-19(24)26-11-15/h3-11H,12H2,1-2H3,(H,27,28). The molecule has 0 amide bonds. The number of hydrogen-bond acceptors (Lipinski definition) is 5. The predicted octanol–water partition coefficient (Wildman–Crippen LogP) is 5.33. The number of rotatable bonds is 6. The summed E-state index contributed by atoms with van der Waals surface area (Å²) in [5.74, 6) is 1.32. The monoisotopic (exact) mass is 468 g/mol. The minimum atomic E-state index is -0.539. The van der Waals surface area contributed by atoms with Crippen LogP contribution in [0, 0.1) is 12.9 Å². The summed E-state index contributed by atoms with van der Waals surface area (Å²) in [7, 11) is 1.60. The van der Waals surface area contributed by atoms with Gasteiger partial charge in [0.2, 0.25) is 5.95 Å². The number of benzene rings is 1. The maximum absolute atomic E-state index is 13.1. The van der Waals surface area contributed by atoms with Crippen LogP contribution in [0.1, 0.15) is 11.3 Å². The molecule has 152 valence electrons. The minimum absolute atomic E-state index is 0.406. The molecule has 0 aliphatic rings. The summed E-state index contributed by atoms with van der Waals surface area (Å²) in [5.41, 5.74) is 4.07. The number of imidazole rings is 1. The largest absolute Gasteiger partial charge is 0.496 e. The van der Waals surface area contributed by atoms with Gasteiger partial charge in [0.25, 0.3) is 0 Å². The fourth-order valence-corrected chi connectivity index (χ4v) is 3.38. The lowest BCUT2D eigenvalue weighted by atomic mass is 10.1. The van der Waals surface area contributed by atoms with Crippen LogP contribution < -0.4 is 9.47 Å². The van der Waals surface area contributed by atoms with E-state index in [1.807, 2.05) is 37.3 Å². The van der Waals surface area contributed by atoms with Gasteiger partial charge < -0.3 is 14.5 Å². The average molecular weight is 469 g/mol. The Balaban J connectivity index is 1.58. The molecule has 0 fully saturated rings. The van der Waals surface area contributed by atoms with Crippen molar-refractivity contribution in [1.29, 1.82) is 0 Å². The van der Waals surface area contributed by atoms with Gasteiger partial charge in [-0.15, -0.1) is 0 Å². The van der Waals surface area contributed by atoms with Crippen LogP contribution in [0.25, 0.3) is 22.6 Å². The summed E-state index contributed by atoms with van der Waals surface area (Å²) in [6, 6.07) is 12.4. The molecule has 30 heavy (non-hydrogen) atoms. The number of ether oxygens (including phenoxy) is 2. The first-order valence-electron chi connectivity index (χ1n) is 9.13. The Morgan fingerprint density at radius 1 is 1.07 bits per heavy atom. The van der Waals surface area contributed by atoms with Gasteiger partial charge in [0.15, 0.2) is 0 Å². The molecule has 1 N–H and O–H groups in total. The second-order valence-electron chi connectivity index (χ2n) is 6.58. The fraction of sp³-hybridized carbons (Fsp3) is 0.136. The number of aryl methyl sites for hydroxylation is 1. The summed E-state index contributed by atoms with van der Waals surface area (Å²) in [5, 5.41) is 0. The number of H-pyrrole nitrogens is 1. The maximum Gasteiger partial charge on any atom is 0.212 e. The number of methoxy groups -OCH3 is 1. The van der Waals surface area contributed by atoms with E-state index in [0.717, 1.165) is 16.8 Å². The van der Waals surface area contributed by atoms with Gasteiger partial charge >= 0.3 is 0 Å². The van der Waals surface area contributed by atoms with Crippen molar-refractivity contribution in [2.45, 2.75) is 13.5 Å². The molecule has 3 aromatic heterocycles. The smallest absolute Gasteiger partial charge is 0.212 e. The molecule has 3 heterocycles. The molecule has 0 unspecified atom stereocenters. The molecule has 8 heteroatoms. The molecule has 1 aromatic carbocycles. The quantitative estimate of drug-likeness (QED) is 0.387. The van der Waals surface area contributed by atoms with Crippen molar-refractivity contribution in [2.75, 3.05) is 7.11 Å². The number of aromatic amines is 1. The van der Waals surface area contributed by atoms with E-state index in [0.29, 0.717) is 39.8 Å². The van der Waals surface area contributed by atoms with Crippen molar-refractivity contribution < 1.29 is 13.9 Å². The number of aromatic nitrogens is 4. The fourth-order valence-electron chi connectivity index (χ4n) is 2.89. The van der Waals surface area contributed by atoms with Crippen LogP contribution in [-0.4, -0.2) is 27.0 Å². The number of nitrogens with zero attached hydrogens (tertiary/aromatic N) is 3. The molecule has 0 saturated heterocycles. The number of halogens is 2. The van der Waals surface area contributed by atoms with Gasteiger partial charge in [-0.25, -0.2) is 9.97 Å². The van der Waals surface area contributed by atoms with E-state index in [1.165, 1.54) is 12.3 Å². The van der Waals surface area contributed by atoms with Gasteiger partial charge in [0.05, 0.1) is 7.11 Å². The molecule has 0 saturated carbocycles. The van der Waals surface area contributed by atoms with Crippen molar-refractivity contribution >= 4 is 15.9 Å². The highest BCUT2D eigenvalue weighted by molar-refractivity contribution is 9.10. The van der Waals surface area contributed by atoms with Crippen molar-refractivity contribution in [3.8, 4) is 34.1 Å². The minimum Gasteiger partial charge on any atom is -0.496 e. The summed E-state index contributed by atoms with van der Waals surface area (Å²) in [4.78, 5) is 15.7. The normalized spacial score (nSPS) is 10.8. The lowest BCUT2D eigenvalue weighted by Crippen LogP contribution is -1.97. The van der Waals surface area contributed by atoms with Crippen LogP contribution in [0.15, 0.2) is 59.5 Å². The molecule has 0 spiro atoms. The summed E-state index contributed by atoms with van der Waals surface area (Å²) in [6.07, 6.45) is 3.23. The van der Waals surface area contributed by atoms with Gasteiger partial charge in [-0.3, -0.25) is 4.98 Å². The molecule has 4 rings (SSSR count). The Labute approximate surface area is 181 Å². The van der Waals surface area contributed by atoms with Crippen molar-refractivity contribution in [1.82, 2.24) is 19.9 Å². The summed E-state index contributed by atoms with van der Waals surface area (Å²) < 4.78 is 25.2. The van der Waals surface area contributed by atoms with E-state index >= 15 is 0 Å². The maximum atomic E-state index is 13.1. The van der Waals surface area contributed by atoms with Crippen LogP contribution in [0.3, 0.4) is 0 Å². The zero-order valence-electron chi connectivity index (χ0n) is 16.3. The van der Waals surface area contributed by atoms with E-state index < -0.39 is 5.95 Å². The second-order valence-corrected chi connectivity index (χ2v) is 7.37. The van der Waals surface area contributed by atoms with Gasteiger partial charge in [0, 0.05) is 40.8 Å². The Morgan fingerprint density at radius 2 is 1.93 bits per heavy atom. The second kappa shape index (κ2) is 8.62. The van der Waals surface area contributed by atoms with Crippen molar-refractivity contribution in [3.63, 3.8) is 0 Å². The molecule has 0 atom stereocenters. The Hall–Kier alpha value is -3.26. The van der Waals surface area contributed by atoms with Crippen LogP contribution in [0.4, 0.5) is 4.39 Å². The zero-order chi connectivity index (χ0) is 21.1. The molecule has 4 aromatic rings. The first-order valence-corrected chi connectivity index (χ1v) is 9.93. The number of hydrogen-bond donors (Lipinski definition) is 1. The van der Waals surface area contributed by atoms with Crippen LogP contribution >= 0.6 is 15.9 Å². The van der Waals surface area contributed by atoms with Gasteiger partial charge in [-0.05, 0) is 53.2 Å². The van der Waals surface area contributed by atoms with Crippen LogP contribution in [0.5, 0.6) is 11.5 Å². The Bertz CT molecular complexity index is 1160. The Kier molecular flexibility index (Phi) is 5.76. The average Bonchev–Trinajstić information content (AvgIpc) is 3.15. The lowest BCUT2D eigenvalue weighted by Gasteiger charge is -2.11. The van der Waals surface area contributed by atoms with E-state index in [9.17, 15) is 4.39 Å². The predicted molar refractivity (Wildman–Crippen MR) is 115 cm³/mol. The van der Waals surface area contributed by atoms with Gasteiger partial charge in [-0.2, -0.15) is 4.39 Å². The summed E-state index contributed by atoms with van der Waals surface area (Å²) >= 11 is 3.51. The van der Waals surface area contributed by atoms with Crippen molar-refractivity contribution in [2.24, 2.45) is 0 Å². The van der Waals surface area contributed by atoms with E-state index in [-0.39, 0.29) is 0 Å². The van der Waals surface area contributed by atoms with E-state index in [1.54, 1.807) is 19.4 Å². The first-order chi connectivity index (χ1) is 14.5. The van der Waals surface area contributed by atoms with Crippen LogP contribution in [-0.2, 0) is 6.61 Å². The van der Waals surface area contributed by atoms with Crippen molar-refractivity contribution in [3.05, 3.63) is 76.7 Å². The topological polar surface area (TPSA) is 72.9 Å². The summed E-state index contributed by atoms with van der Waals surface area (Å²) in [6.45, 7) is 2.35. The molecular formula is C22H18BrFN4O2. The lowest BCUT2D eigenvalue weighted by molar-refractivity contribution is 0.303. The highest BCUT2D eigenvalue weighted by Gasteiger charge is 2.17. The zero-order valence-corrected chi connectivity index (χ0v) is 17.9. The molecule has 0 aliphatic heterocycles. The third kappa shape index (κ3) is 4.33. The van der Waals surface area contributed by atoms with Gasteiger partial charge in [-0.1, -0.05) is 6.07 Å². The third-order valence-electron chi connectivity index (χ3n) is 4.47. The van der Waals surface area contributed by atoms with Gasteiger partial charge in [0.1, 0.15) is 34.2 Å². The Morgan fingerprint density at radius 3 is 2.63 bits per heavy atom. The molecule has 0 aliphatic carbocycles. The highest BCUT2D eigenvalue weighted by Crippen LogP contribution is 2.37. The van der Waals surface area contributed by atoms with Crippen LogP contribution in [0.2, 0.25) is 0 Å². The third-order valence-corrected chi connectivity index (χ3v) is 5.04. The molecule has 0 radical (unpaired) electrons. The molecule has 0 bridgehead atoms. The molecular weight excluding hydrogens is 451 g/mol. The number of pyridine rings is 2. The first kappa shape index (κ1) is 20.0. The SMILES string of the molecule is COc1cc(OCc2ccc(C)nc2)ccc1-c1nc(-c2ccc(F)nc2)[nH]c1Br.